The normalized spacial score (nSPS) is 27.3. The van der Waals surface area contributed by atoms with Crippen LogP contribution >= 0.6 is 0 Å². The van der Waals surface area contributed by atoms with Crippen molar-refractivity contribution in [3.63, 3.8) is 0 Å². The highest BCUT2D eigenvalue weighted by Gasteiger charge is 2.54. The lowest BCUT2D eigenvalue weighted by molar-refractivity contribution is 0.00578. The van der Waals surface area contributed by atoms with Gasteiger partial charge in [-0.15, -0.1) is 0 Å². The quantitative estimate of drug-likeness (QED) is 0.751. The summed E-state index contributed by atoms with van der Waals surface area (Å²) < 4.78 is 25.4. The maximum absolute atomic E-state index is 6.37. The Morgan fingerprint density at radius 1 is 0.667 bits per heavy atom. The van der Waals surface area contributed by atoms with Crippen LogP contribution in [-0.4, -0.2) is 36.6 Å². The van der Waals surface area contributed by atoms with Crippen LogP contribution in [0.15, 0.2) is 12.1 Å². The van der Waals surface area contributed by atoms with Crippen molar-refractivity contribution < 1.29 is 18.6 Å². The lowest BCUT2D eigenvalue weighted by atomic mass is 9.69. The average molecular weight is 370 g/mol. The summed E-state index contributed by atoms with van der Waals surface area (Å²) in [5.41, 5.74) is 3.60. The maximum Gasteiger partial charge on any atom is 0.495 e. The van der Waals surface area contributed by atoms with Gasteiger partial charge in [0.05, 0.1) is 22.4 Å². The summed E-state index contributed by atoms with van der Waals surface area (Å²) >= 11 is 0. The largest absolute Gasteiger partial charge is 0.495 e. The Morgan fingerprint density at radius 3 is 1.67 bits per heavy atom. The molecule has 2 saturated heterocycles. The SMILES string of the molecule is CC1(C)OB(c2cc3c(c(B4OC(C)(C)C(C)(C)O4)c2)CCC3)OC1(C)C. The van der Waals surface area contributed by atoms with Crippen LogP contribution in [0.3, 0.4) is 0 Å². The fraction of sp³-hybridized carbons (Fsp3) is 0.714. The second-order valence-electron chi connectivity index (χ2n) is 10.3. The first-order valence-corrected chi connectivity index (χ1v) is 10.2. The van der Waals surface area contributed by atoms with Crippen LogP contribution in [0.1, 0.15) is 72.9 Å². The van der Waals surface area contributed by atoms with Crippen molar-refractivity contribution in [2.45, 2.75) is 97.1 Å². The molecule has 0 unspecified atom stereocenters. The first-order chi connectivity index (χ1) is 12.3. The van der Waals surface area contributed by atoms with Gasteiger partial charge < -0.3 is 18.6 Å². The van der Waals surface area contributed by atoms with Gasteiger partial charge >= 0.3 is 14.2 Å². The van der Waals surface area contributed by atoms with Gasteiger partial charge in [0.15, 0.2) is 0 Å². The van der Waals surface area contributed by atoms with Gasteiger partial charge in [-0.1, -0.05) is 12.1 Å². The number of aryl methyl sites for hydroxylation is 1. The molecule has 0 bridgehead atoms. The smallest absolute Gasteiger partial charge is 0.399 e. The minimum absolute atomic E-state index is 0.343. The van der Waals surface area contributed by atoms with E-state index in [0.717, 1.165) is 23.8 Å². The number of hydrogen-bond donors (Lipinski definition) is 0. The second kappa shape index (κ2) is 5.85. The maximum atomic E-state index is 6.37. The zero-order valence-electron chi connectivity index (χ0n) is 18.1. The molecule has 146 valence electrons. The molecule has 3 aliphatic rings. The van der Waals surface area contributed by atoms with Crippen molar-refractivity contribution in [3.8, 4) is 0 Å². The first-order valence-electron chi connectivity index (χ1n) is 10.2. The van der Waals surface area contributed by atoms with Crippen molar-refractivity contribution in [3.05, 3.63) is 23.3 Å². The Hall–Kier alpha value is -0.810. The van der Waals surface area contributed by atoms with E-state index in [2.05, 4.69) is 67.5 Å². The Bertz CT molecular complexity index is 738. The molecule has 6 heteroatoms. The zero-order chi connectivity index (χ0) is 19.8. The standard InChI is InChI=1S/C21H32B2O4/c1-18(2)19(3,4)25-22(24-18)15-12-14-10-9-11-16(14)17(13-15)23-26-20(5,6)21(7,8)27-23/h12-13H,9-11H2,1-8H3. The molecule has 0 aromatic heterocycles. The van der Waals surface area contributed by atoms with Crippen molar-refractivity contribution in [2.75, 3.05) is 0 Å². The van der Waals surface area contributed by atoms with Crippen molar-refractivity contribution >= 4 is 25.2 Å². The summed E-state index contributed by atoms with van der Waals surface area (Å²) in [6.07, 6.45) is 3.35. The van der Waals surface area contributed by atoms with Gasteiger partial charge in [-0.2, -0.15) is 0 Å². The van der Waals surface area contributed by atoms with Gasteiger partial charge in [-0.05, 0) is 96.7 Å². The summed E-state index contributed by atoms with van der Waals surface area (Å²) in [5, 5.41) is 0. The number of fused-ring (bicyclic) bond motifs is 1. The highest BCUT2D eigenvalue weighted by Crippen LogP contribution is 2.38. The molecule has 2 heterocycles. The third-order valence-corrected chi connectivity index (χ3v) is 7.30. The first kappa shape index (κ1) is 19.5. The monoisotopic (exact) mass is 370 g/mol. The Balaban J connectivity index is 1.72. The van der Waals surface area contributed by atoms with E-state index in [-0.39, 0.29) is 36.6 Å². The van der Waals surface area contributed by atoms with Gasteiger partial charge in [0, 0.05) is 0 Å². The zero-order valence-corrected chi connectivity index (χ0v) is 18.1. The lowest BCUT2D eigenvalue weighted by Gasteiger charge is -2.32. The minimum Gasteiger partial charge on any atom is -0.399 e. The summed E-state index contributed by atoms with van der Waals surface area (Å²) in [6, 6.07) is 4.45. The summed E-state index contributed by atoms with van der Waals surface area (Å²) in [4.78, 5) is 0. The topological polar surface area (TPSA) is 36.9 Å². The molecule has 27 heavy (non-hydrogen) atoms. The molecule has 0 spiro atoms. The Kier molecular flexibility index (Phi) is 4.23. The van der Waals surface area contributed by atoms with Gasteiger partial charge in [-0.25, -0.2) is 0 Å². The molecule has 0 amide bonds. The van der Waals surface area contributed by atoms with E-state index in [9.17, 15) is 0 Å². The molecule has 0 radical (unpaired) electrons. The molecule has 0 N–H and O–H groups in total. The molecule has 2 fully saturated rings. The number of hydrogen-bond acceptors (Lipinski definition) is 4. The van der Waals surface area contributed by atoms with E-state index in [1.807, 2.05) is 0 Å². The molecule has 0 atom stereocenters. The van der Waals surface area contributed by atoms with Crippen LogP contribution in [0.25, 0.3) is 0 Å². The molecule has 1 aromatic rings. The van der Waals surface area contributed by atoms with E-state index >= 15 is 0 Å². The summed E-state index contributed by atoms with van der Waals surface area (Å²) in [7, 11) is -0.703. The molecular weight excluding hydrogens is 338 g/mol. The van der Waals surface area contributed by atoms with Crippen molar-refractivity contribution in [1.82, 2.24) is 0 Å². The fourth-order valence-corrected chi connectivity index (χ4v) is 4.06. The lowest BCUT2D eigenvalue weighted by Crippen LogP contribution is -2.43. The minimum atomic E-state index is -0.359. The van der Waals surface area contributed by atoms with Crippen LogP contribution in [0, 0.1) is 0 Å². The van der Waals surface area contributed by atoms with Crippen LogP contribution in [0.2, 0.25) is 0 Å². The van der Waals surface area contributed by atoms with Gasteiger partial charge in [0.1, 0.15) is 0 Å². The van der Waals surface area contributed by atoms with E-state index in [1.165, 1.54) is 17.5 Å². The predicted octanol–water partition coefficient (Wildman–Crippen LogP) is 2.77. The molecular formula is C21H32B2O4. The molecule has 0 saturated carbocycles. The van der Waals surface area contributed by atoms with Crippen LogP contribution in [0.4, 0.5) is 0 Å². The van der Waals surface area contributed by atoms with Gasteiger partial charge in [0.2, 0.25) is 0 Å². The van der Waals surface area contributed by atoms with E-state index in [1.54, 1.807) is 0 Å². The highest BCUT2D eigenvalue weighted by atomic mass is 16.7. The highest BCUT2D eigenvalue weighted by molar-refractivity contribution is 6.66. The van der Waals surface area contributed by atoms with Crippen LogP contribution in [0.5, 0.6) is 0 Å². The molecule has 4 rings (SSSR count). The van der Waals surface area contributed by atoms with Gasteiger partial charge in [-0.3, -0.25) is 0 Å². The van der Waals surface area contributed by atoms with Gasteiger partial charge in [0.25, 0.3) is 0 Å². The van der Waals surface area contributed by atoms with Crippen molar-refractivity contribution in [2.24, 2.45) is 0 Å². The van der Waals surface area contributed by atoms with E-state index in [4.69, 9.17) is 18.6 Å². The molecule has 4 nitrogen and oxygen atoms in total. The van der Waals surface area contributed by atoms with E-state index < -0.39 is 0 Å². The Morgan fingerprint density at radius 2 is 1.15 bits per heavy atom. The van der Waals surface area contributed by atoms with Crippen LogP contribution < -0.4 is 10.9 Å². The second-order valence-corrected chi connectivity index (χ2v) is 10.3. The average Bonchev–Trinajstić information content (AvgIpc) is 3.12. The summed E-state index contributed by atoms with van der Waals surface area (Å²) in [6.45, 7) is 16.8. The van der Waals surface area contributed by atoms with Crippen LogP contribution in [-0.2, 0) is 31.5 Å². The van der Waals surface area contributed by atoms with E-state index in [0.29, 0.717) is 0 Å². The number of rotatable bonds is 2. The molecule has 1 aromatic carbocycles. The molecule has 2 aliphatic heterocycles. The summed E-state index contributed by atoms with van der Waals surface area (Å²) in [5.74, 6) is 0. The molecule has 1 aliphatic carbocycles. The van der Waals surface area contributed by atoms with Crippen molar-refractivity contribution in [1.29, 1.82) is 0 Å². The third kappa shape index (κ3) is 3.00. The number of benzene rings is 1. The predicted molar refractivity (Wildman–Crippen MR) is 110 cm³/mol. The third-order valence-electron chi connectivity index (χ3n) is 7.30. The Labute approximate surface area is 164 Å². The fourth-order valence-electron chi connectivity index (χ4n) is 4.06.